The third-order valence-electron chi connectivity index (χ3n) is 14.2. The van der Waals surface area contributed by atoms with Gasteiger partial charge < -0.3 is 9.13 Å². The summed E-state index contributed by atoms with van der Waals surface area (Å²) in [5, 5.41) is 53.3. The Bertz CT molecular complexity index is 4420. The number of hydrogen-bond donors (Lipinski definition) is 0. The van der Waals surface area contributed by atoms with Gasteiger partial charge in [-0.05, 0) is 141 Å². The van der Waals surface area contributed by atoms with Crippen LogP contribution >= 0.6 is 0 Å². The van der Waals surface area contributed by atoms with Crippen LogP contribution in [0.2, 0.25) is 0 Å². The van der Waals surface area contributed by atoms with E-state index >= 15 is 13.2 Å². The van der Waals surface area contributed by atoms with Gasteiger partial charge in [0.2, 0.25) is 0 Å². The number of nitriles is 5. The Morgan fingerprint density at radius 2 is 0.671 bits per heavy atom. The van der Waals surface area contributed by atoms with Gasteiger partial charge in [-0.3, -0.25) is 0 Å². The molecule has 0 N–H and O–H groups in total. The zero-order chi connectivity index (χ0) is 52.2. The number of halogens is 3. The molecule has 0 bridgehead atoms. The van der Waals surface area contributed by atoms with Gasteiger partial charge in [0.1, 0.15) is 5.56 Å². The Hall–Kier alpha value is -11.0. The number of hydrogen-bond acceptors (Lipinski definition) is 5. The molecule has 0 aliphatic rings. The molecule has 0 fully saturated rings. The lowest BCUT2D eigenvalue weighted by Crippen LogP contribution is -2.17. The van der Waals surface area contributed by atoms with Gasteiger partial charge in [-0.1, -0.05) is 115 Å². The van der Waals surface area contributed by atoms with Gasteiger partial charge in [-0.2, -0.15) is 39.5 Å². The second-order valence-electron chi connectivity index (χ2n) is 18.3. The second-order valence-corrected chi connectivity index (χ2v) is 18.3. The lowest BCUT2D eigenvalue weighted by atomic mass is 9.96. The lowest BCUT2D eigenvalue weighted by Gasteiger charge is -2.24. The first-order valence-corrected chi connectivity index (χ1v) is 24.0. The van der Waals surface area contributed by atoms with Gasteiger partial charge in [0.15, 0.2) is 0 Å². The fourth-order valence-corrected chi connectivity index (χ4v) is 10.8. The maximum atomic E-state index is 17.2. The number of nitrogens with zero attached hydrogens (tertiary/aromatic N) is 7. The molecular formula is C66H34F3N7. The standard InChI is InChI=1S/C66H34F3N7/c67-66(68,69)64-63(75-59-25-20-42(50-16-5-1-11-46(50)36-71)31-55(59)56-32-43(21-26-60(56)75)51-17-6-2-12-47(51)37-72)29-24-54(41-15-9-10-40(30-41)35-70)65(64)76-61-27-22-44(52-18-7-3-13-48(52)38-73)33-57(61)58-34-45(23-28-62(58)76)53-19-8-4-14-49(53)39-74/h1-34H. The average molecular weight is 982 g/mol. The molecule has 0 saturated heterocycles. The molecule has 0 saturated carbocycles. The Balaban J connectivity index is 1.23. The maximum absolute atomic E-state index is 17.2. The Morgan fingerprint density at radius 3 is 1.03 bits per heavy atom. The highest BCUT2D eigenvalue weighted by Gasteiger charge is 2.40. The Morgan fingerprint density at radius 1 is 0.316 bits per heavy atom. The zero-order valence-corrected chi connectivity index (χ0v) is 39.9. The van der Waals surface area contributed by atoms with Crippen LogP contribution in [0.4, 0.5) is 13.2 Å². The minimum atomic E-state index is -5.03. The summed E-state index contributed by atoms with van der Waals surface area (Å²) in [6, 6.07) is 71.6. The van der Waals surface area contributed by atoms with Crippen molar-refractivity contribution >= 4 is 43.6 Å². The molecule has 10 heteroatoms. The quantitative estimate of drug-likeness (QED) is 0.157. The summed E-state index contributed by atoms with van der Waals surface area (Å²) in [7, 11) is 0. The highest BCUT2D eigenvalue weighted by atomic mass is 19.4. The van der Waals surface area contributed by atoms with E-state index in [9.17, 15) is 26.3 Å². The van der Waals surface area contributed by atoms with Crippen LogP contribution in [0.5, 0.6) is 0 Å². The SMILES string of the molecule is N#Cc1cccc(-c2ccc(-n3c4ccc(-c5ccccc5C#N)cc4c4cc(-c5ccccc5C#N)ccc43)c(C(F)(F)F)c2-n2c3ccc(-c4ccccc4C#N)cc3c3cc(-c4ccccc4C#N)ccc32)c1. The minimum Gasteiger partial charge on any atom is -0.309 e. The predicted octanol–water partition coefficient (Wildman–Crippen LogP) is 16.6. The minimum absolute atomic E-state index is 0.174. The summed E-state index contributed by atoms with van der Waals surface area (Å²) in [4.78, 5) is 0. The first kappa shape index (κ1) is 46.1. The Labute approximate surface area is 433 Å². The first-order chi connectivity index (χ1) is 37.1. The van der Waals surface area contributed by atoms with Crippen LogP contribution in [0, 0.1) is 56.7 Å². The van der Waals surface area contributed by atoms with Crippen molar-refractivity contribution in [2.45, 2.75) is 6.18 Å². The summed E-state index contributed by atoms with van der Waals surface area (Å²) in [6.45, 7) is 0. The lowest BCUT2D eigenvalue weighted by molar-refractivity contribution is -0.137. The summed E-state index contributed by atoms with van der Waals surface area (Å²) >= 11 is 0. The van der Waals surface area contributed by atoms with Gasteiger partial charge in [-0.25, -0.2) is 0 Å². The molecule has 76 heavy (non-hydrogen) atoms. The van der Waals surface area contributed by atoms with Crippen molar-refractivity contribution in [3.8, 4) is 97.4 Å². The molecule has 12 aromatic rings. The van der Waals surface area contributed by atoms with E-state index in [2.05, 4.69) is 30.3 Å². The molecule has 10 aromatic carbocycles. The predicted molar refractivity (Wildman–Crippen MR) is 291 cm³/mol. The average Bonchev–Trinajstić information content (AvgIpc) is 3.98. The first-order valence-electron chi connectivity index (χ1n) is 24.0. The van der Waals surface area contributed by atoms with Gasteiger partial charge in [0, 0.05) is 27.1 Å². The van der Waals surface area contributed by atoms with Gasteiger partial charge in [0.25, 0.3) is 0 Å². The molecule has 2 aromatic heterocycles. The largest absolute Gasteiger partial charge is 0.420 e. The van der Waals surface area contributed by atoms with Crippen LogP contribution in [0.1, 0.15) is 33.4 Å². The van der Waals surface area contributed by atoms with Crippen molar-refractivity contribution in [2.75, 3.05) is 0 Å². The van der Waals surface area contributed by atoms with Crippen molar-refractivity contribution in [1.82, 2.24) is 9.13 Å². The van der Waals surface area contributed by atoms with Crippen LogP contribution in [0.15, 0.2) is 206 Å². The van der Waals surface area contributed by atoms with E-state index in [1.54, 1.807) is 112 Å². The van der Waals surface area contributed by atoms with Gasteiger partial charge in [-0.15, -0.1) is 0 Å². The summed E-state index contributed by atoms with van der Waals surface area (Å²) in [5.74, 6) is 0. The van der Waals surface area contributed by atoms with Crippen molar-refractivity contribution in [3.63, 3.8) is 0 Å². The third kappa shape index (κ3) is 7.49. The molecule has 12 rings (SSSR count). The van der Waals surface area contributed by atoms with Crippen LogP contribution < -0.4 is 0 Å². The smallest absolute Gasteiger partial charge is 0.309 e. The molecule has 7 nitrogen and oxygen atoms in total. The Kier molecular flexibility index (Phi) is 11.1. The molecule has 0 aliphatic heterocycles. The molecule has 0 radical (unpaired) electrons. The summed E-state index contributed by atoms with van der Waals surface area (Å²) in [6.07, 6.45) is -5.03. The van der Waals surface area contributed by atoms with Crippen molar-refractivity contribution in [1.29, 1.82) is 26.3 Å². The van der Waals surface area contributed by atoms with Crippen molar-refractivity contribution < 1.29 is 13.2 Å². The van der Waals surface area contributed by atoms with E-state index in [1.807, 2.05) is 97.1 Å². The van der Waals surface area contributed by atoms with E-state index < -0.39 is 11.7 Å². The topological polar surface area (TPSA) is 129 Å². The molecule has 2 heterocycles. The van der Waals surface area contributed by atoms with Crippen LogP contribution in [-0.2, 0) is 6.18 Å². The van der Waals surface area contributed by atoms with Crippen LogP contribution in [0.25, 0.3) is 111 Å². The molecule has 0 spiro atoms. The number of alkyl halides is 3. The maximum Gasteiger partial charge on any atom is 0.420 e. The number of aromatic nitrogens is 2. The van der Waals surface area contributed by atoms with Gasteiger partial charge >= 0.3 is 6.18 Å². The fraction of sp³-hybridized carbons (Fsp3) is 0.0152. The third-order valence-corrected chi connectivity index (χ3v) is 14.2. The van der Waals surface area contributed by atoms with E-state index in [-0.39, 0.29) is 22.5 Å². The number of fused-ring (bicyclic) bond motifs is 6. The highest BCUT2D eigenvalue weighted by molar-refractivity contribution is 6.14. The molecule has 0 aliphatic carbocycles. The zero-order valence-electron chi connectivity index (χ0n) is 39.9. The normalized spacial score (nSPS) is 11.3. The summed E-state index contributed by atoms with van der Waals surface area (Å²) < 4.78 is 54.9. The van der Waals surface area contributed by atoms with E-state index in [1.165, 1.54) is 6.07 Å². The van der Waals surface area contributed by atoms with E-state index in [0.29, 0.717) is 116 Å². The molecule has 0 unspecified atom stereocenters. The van der Waals surface area contributed by atoms with E-state index in [0.717, 1.165) is 0 Å². The van der Waals surface area contributed by atoms with Crippen LogP contribution in [0.3, 0.4) is 0 Å². The fourth-order valence-electron chi connectivity index (χ4n) is 10.8. The van der Waals surface area contributed by atoms with Crippen LogP contribution in [-0.4, -0.2) is 9.13 Å². The molecular weight excluding hydrogens is 948 g/mol. The monoisotopic (exact) mass is 981 g/mol. The second kappa shape index (κ2) is 18.3. The number of rotatable bonds is 7. The summed E-state index contributed by atoms with van der Waals surface area (Å²) in [5.41, 5.74) is 8.37. The number of benzene rings is 10. The highest BCUT2D eigenvalue weighted by Crippen LogP contribution is 2.49. The molecule has 0 amide bonds. The molecule has 354 valence electrons. The van der Waals surface area contributed by atoms with Crippen molar-refractivity contribution in [2.24, 2.45) is 0 Å². The molecule has 0 atom stereocenters. The van der Waals surface area contributed by atoms with Crippen molar-refractivity contribution in [3.05, 3.63) is 240 Å². The van der Waals surface area contributed by atoms with E-state index in [4.69, 9.17) is 0 Å². The van der Waals surface area contributed by atoms with Gasteiger partial charge in [0.05, 0.1) is 91.6 Å².